The number of anilines is 2. The zero-order valence-corrected chi connectivity index (χ0v) is 15.1. The molecule has 1 saturated carbocycles. The van der Waals surface area contributed by atoms with Gasteiger partial charge in [0.15, 0.2) is 5.82 Å². The number of halogens is 1. The number of hydrogen-bond donors (Lipinski definition) is 2. The van der Waals surface area contributed by atoms with Gasteiger partial charge in [0.25, 0.3) is 0 Å². The minimum absolute atomic E-state index is 0.0114. The molecule has 2 atom stereocenters. The molecule has 25 heavy (non-hydrogen) atoms. The number of aromatic amines is 1. The molecule has 134 valence electrons. The highest BCUT2D eigenvalue weighted by atomic mass is 35.5. The monoisotopic (exact) mass is 363 g/mol. The third-order valence-electron chi connectivity index (χ3n) is 5.27. The quantitative estimate of drug-likeness (QED) is 0.844. The number of nitrogens with zero attached hydrogens (tertiary/aromatic N) is 5. The second-order valence-electron chi connectivity index (χ2n) is 6.68. The SMILES string of the molecule is CCn1c(C2C(C3CC3)CCN2c2ncc(Cl)c(NC)n2)n[nH]c1=O. The molecule has 2 N–H and O–H groups in total. The summed E-state index contributed by atoms with van der Waals surface area (Å²) in [5.74, 6) is 3.18. The van der Waals surface area contributed by atoms with E-state index >= 15 is 0 Å². The van der Waals surface area contributed by atoms with E-state index < -0.39 is 0 Å². The Balaban J connectivity index is 1.77. The summed E-state index contributed by atoms with van der Waals surface area (Å²) < 4.78 is 1.72. The molecule has 2 aromatic rings. The minimum atomic E-state index is -0.160. The third-order valence-corrected chi connectivity index (χ3v) is 5.54. The Hall–Kier alpha value is -2.09. The Bertz CT molecular complexity index is 828. The van der Waals surface area contributed by atoms with Crippen LogP contribution in [0.5, 0.6) is 0 Å². The summed E-state index contributed by atoms with van der Waals surface area (Å²) in [5.41, 5.74) is -0.160. The van der Waals surface area contributed by atoms with Gasteiger partial charge in [-0.3, -0.25) is 4.57 Å². The normalized spacial score (nSPS) is 23.2. The molecular formula is C16H22ClN7O. The first-order valence-electron chi connectivity index (χ1n) is 8.76. The topological polar surface area (TPSA) is 91.7 Å². The van der Waals surface area contributed by atoms with E-state index in [0.29, 0.717) is 35.2 Å². The van der Waals surface area contributed by atoms with Gasteiger partial charge in [0.05, 0.1) is 12.2 Å². The van der Waals surface area contributed by atoms with Crippen LogP contribution in [0.15, 0.2) is 11.0 Å². The summed E-state index contributed by atoms with van der Waals surface area (Å²) in [5, 5.41) is 10.4. The number of hydrogen-bond acceptors (Lipinski definition) is 6. The molecule has 2 unspecified atom stereocenters. The average Bonchev–Trinajstić information content (AvgIpc) is 3.27. The highest BCUT2D eigenvalue weighted by Gasteiger charge is 2.47. The lowest BCUT2D eigenvalue weighted by Crippen LogP contribution is -2.31. The van der Waals surface area contributed by atoms with E-state index in [9.17, 15) is 4.79 Å². The van der Waals surface area contributed by atoms with Gasteiger partial charge in [-0.15, -0.1) is 0 Å². The van der Waals surface area contributed by atoms with Crippen LogP contribution in [0.2, 0.25) is 5.02 Å². The van der Waals surface area contributed by atoms with Crippen molar-refractivity contribution >= 4 is 23.4 Å². The predicted octanol–water partition coefficient (Wildman–Crippen LogP) is 2.05. The van der Waals surface area contributed by atoms with Crippen LogP contribution >= 0.6 is 11.6 Å². The second kappa shape index (κ2) is 6.33. The molecule has 1 aliphatic heterocycles. The largest absolute Gasteiger partial charge is 0.372 e. The van der Waals surface area contributed by atoms with Gasteiger partial charge in [-0.1, -0.05) is 11.6 Å². The van der Waals surface area contributed by atoms with Crippen molar-refractivity contribution in [1.82, 2.24) is 24.7 Å². The first-order valence-corrected chi connectivity index (χ1v) is 9.13. The molecule has 0 amide bonds. The fraction of sp³-hybridized carbons (Fsp3) is 0.625. The molecule has 0 spiro atoms. The van der Waals surface area contributed by atoms with Gasteiger partial charge in [0.1, 0.15) is 10.8 Å². The van der Waals surface area contributed by atoms with Crippen molar-refractivity contribution in [1.29, 1.82) is 0 Å². The smallest absolute Gasteiger partial charge is 0.343 e. The molecule has 2 aromatic heterocycles. The number of rotatable bonds is 5. The maximum absolute atomic E-state index is 12.1. The summed E-state index contributed by atoms with van der Waals surface area (Å²) in [7, 11) is 1.79. The van der Waals surface area contributed by atoms with Crippen molar-refractivity contribution in [3.63, 3.8) is 0 Å². The van der Waals surface area contributed by atoms with E-state index in [1.807, 2.05) is 6.92 Å². The first-order chi connectivity index (χ1) is 12.1. The Kier molecular flexibility index (Phi) is 4.15. The summed E-state index contributed by atoms with van der Waals surface area (Å²) in [6.07, 6.45) is 5.17. The molecule has 2 fully saturated rings. The van der Waals surface area contributed by atoms with Crippen molar-refractivity contribution in [2.75, 3.05) is 23.8 Å². The average molecular weight is 364 g/mol. The van der Waals surface area contributed by atoms with Crippen LogP contribution in [0.25, 0.3) is 0 Å². The predicted molar refractivity (Wildman–Crippen MR) is 96.0 cm³/mol. The van der Waals surface area contributed by atoms with Gasteiger partial charge in [-0.05, 0) is 38.0 Å². The lowest BCUT2D eigenvalue weighted by molar-refractivity contribution is 0.400. The van der Waals surface area contributed by atoms with Gasteiger partial charge >= 0.3 is 5.69 Å². The summed E-state index contributed by atoms with van der Waals surface area (Å²) in [6.45, 7) is 3.40. The molecule has 0 bridgehead atoms. The number of aromatic nitrogens is 5. The Labute approximate surface area is 150 Å². The van der Waals surface area contributed by atoms with Gasteiger partial charge in [0, 0.05) is 20.1 Å². The van der Waals surface area contributed by atoms with Crippen LogP contribution in [0, 0.1) is 11.8 Å². The van der Waals surface area contributed by atoms with Gasteiger partial charge < -0.3 is 10.2 Å². The molecule has 2 aliphatic rings. The van der Waals surface area contributed by atoms with Crippen molar-refractivity contribution in [3.05, 3.63) is 27.5 Å². The van der Waals surface area contributed by atoms with Crippen molar-refractivity contribution in [2.45, 2.75) is 38.8 Å². The molecule has 3 heterocycles. The molecule has 8 nitrogen and oxygen atoms in total. The van der Waals surface area contributed by atoms with E-state index in [-0.39, 0.29) is 11.7 Å². The van der Waals surface area contributed by atoms with E-state index in [2.05, 4.69) is 30.4 Å². The fourth-order valence-electron chi connectivity index (χ4n) is 3.92. The molecule has 0 aromatic carbocycles. The van der Waals surface area contributed by atoms with Crippen molar-refractivity contribution < 1.29 is 0 Å². The zero-order chi connectivity index (χ0) is 17.6. The van der Waals surface area contributed by atoms with Crippen LogP contribution < -0.4 is 15.9 Å². The lowest BCUT2D eigenvalue weighted by Gasteiger charge is -2.28. The van der Waals surface area contributed by atoms with Gasteiger partial charge in [-0.2, -0.15) is 10.1 Å². The van der Waals surface area contributed by atoms with Crippen LogP contribution in [0.4, 0.5) is 11.8 Å². The van der Waals surface area contributed by atoms with Gasteiger partial charge in [-0.25, -0.2) is 14.9 Å². The van der Waals surface area contributed by atoms with E-state index in [1.54, 1.807) is 17.8 Å². The van der Waals surface area contributed by atoms with Crippen LogP contribution in [-0.2, 0) is 6.54 Å². The van der Waals surface area contributed by atoms with Crippen LogP contribution in [0.3, 0.4) is 0 Å². The highest BCUT2D eigenvalue weighted by Crippen LogP contribution is 2.50. The molecule has 4 rings (SSSR count). The van der Waals surface area contributed by atoms with E-state index in [1.165, 1.54) is 12.8 Å². The summed E-state index contributed by atoms with van der Waals surface area (Å²) in [4.78, 5) is 23.3. The van der Waals surface area contributed by atoms with E-state index in [4.69, 9.17) is 11.6 Å². The minimum Gasteiger partial charge on any atom is -0.372 e. The first kappa shape index (κ1) is 16.4. The summed E-state index contributed by atoms with van der Waals surface area (Å²) >= 11 is 6.13. The highest BCUT2D eigenvalue weighted by molar-refractivity contribution is 6.32. The molecule has 0 radical (unpaired) electrons. The molecule has 9 heteroatoms. The van der Waals surface area contributed by atoms with Crippen LogP contribution in [0.1, 0.15) is 38.1 Å². The lowest BCUT2D eigenvalue weighted by atomic mass is 9.94. The fourth-order valence-corrected chi connectivity index (χ4v) is 4.11. The van der Waals surface area contributed by atoms with Crippen molar-refractivity contribution in [3.8, 4) is 0 Å². The van der Waals surface area contributed by atoms with Crippen LogP contribution in [-0.4, -0.2) is 38.3 Å². The number of H-pyrrole nitrogens is 1. The maximum atomic E-state index is 12.1. The zero-order valence-electron chi connectivity index (χ0n) is 14.4. The molecule has 1 aliphatic carbocycles. The third kappa shape index (κ3) is 2.78. The maximum Gasteiger partial charge on any atom is 0.343 e. The van der Waals surface area contributed by atoms with Gasteiger partial charge in [0.2, 0.25) is 5.95 Å². The van der Waals surface area contributed by atoms with Crippen molar-refractivity contribution in [2.24, 2.45) is 11.8 Å². The number of nitrogens with one attached hydrogen (secondary N) is 2. The Morgan fingerprint density at radius 3 is 2.88 bits per heavy atom. The Morgan fingerprint density at radius 1 is 1.40 bits per heavy atom. The van der Waals surface area contributed by atoms with E-state index in [0.717, 1.165) is 18.8 Å². The second-order valence-corrected chi connectivity index (χ2v) is 7.08. The molecule has 1 saturated heterocycles. The summed E-state index contributed by atoms with van der Waals surface area (Å²) in [6, 6.07) is 0.0114. The Morgan fingerprint density at radius 2 is 2.20 bits per heavy atom. The standard InChI is InChI=1S/C16H22ClN7O/c1-3-23-14(21-22-16(23)25)12-10(9-4-5-9)6-7-24(12)15-19-8-11(17)13(18-2)20-15/h8-10,12H,3-7H2,1-2H3,(H,22,25)(H,18,19,20). The molecular weight excluding hydrogens is 342 g/mol.